The first-order chi connectivity index (χ1) is 17.6. The number of halogens is 1. The number of ether oxygens (including phenoxy) is 3. The molecule has 0 saturated heterocycles. The van der Waals surface area contributed by atoms with Crippen molar-refractivity contribution < 1.29 is 28.9 Å². The van der Waals surface area contributed by atoms with Crippen molar-refractivity contribution in [3.63, 3.8) is 0 Å². The molecule has 1 rings (SSSR count). The number of nitrogens with one attached hydrogen (secondary N) is 2. The lowest BCUT2D eigenvalue weighted by Gasteiger charge is -2.28. The molecule has 38 heavy (non-hydrogen) atoms. The van der Waals surface area contributed by atoms with Gasteiger partial charge >= 0.3 is 0 Å². The zero-order chi connectivity index (χ0) is 27.8. The number of methoxy groups -OCH3 is 2. The molecule has 0 aliphatic heterocycles. The molecule has 4 unspecified atom stereocenters. The Morgan fingerprint density at radius 3 is 2.37 bits per heavy atom. The molecule has 1 aromatic rings. The van der Waals surface area contributed by atoms with Crippen LogP contribution in [0.25, 0.3) is 0 Å². The molecular formula is C28H50ClN3O6. The van der Waals surface area contributed by atoms with Gasteiger partial charge in [0.25, 0.3) is 5.91 Å². The fourth-order valence-corrected chi connectivity index (χ4v) is 3.95. The van der Waals surface area contributed by atoms with E-state index in [0.29, 0.717) is 62.6 Å². The summed E-state index contributed by atoms with van der Waals surface area (Å²) in [6, 6.07) is 4.61. The Bertz CT molecular complexity index is 811. The molecule has 0 fully saturated rings. The zero-order valence-corrected chi connectivity index (χ0v) is 24.8. The van der Waals surface area contributed by atoms with E-state index >= 15 is 0 Å². The van der Waals surface area contributed by atoms with Crippen molar-refractivity contribution >= 4 is 24.2 Å². The minimum Gasteiger partial charge on any atom is -0.497 e. The lowest BCUT2D eigenvalue weighted by molar-refractivity contribution is -0.125. The van der Waals surface area contributed by atoms with Crippen LogP contribution in [0.4, 0.5) is 0 Å². The molecule has 0 aliphatic carbocycles. The molecule has 9 nitrogen and oxygen atoms in total. The first kappa shape index (κ1) is 35.9. The second-order valence-corrected chi connectivity index (χ2v) is 10.0. The summed E-state index contributed by atoms with van der Waals surface area (Å²) in [6.07, 6.45) is 2.65. The van der Waals surface area contributed by atoms with Crippen molar-refractivity contribution in [3.05, 3.63) is 23.8 Å². The second kappa shape index (κ2) is 19.9. The summed E-state index contributed by atoms with van der Waals surface area (Å²) in [5, 5.41) is 16.6. The number of benzene rings is 1. The van der Waals surface area contributed by atoms with Gasteiger partial charge in [0, 0.05) is 51.3 Å². The lowest BCUT2D eigenvalue weighted by atomic mass is 9.86. The minimum absolute atomic E-state index is 0. The highest BCUT2D eigenvalue weighted by Crippen LogP contribution is 2.26. The van der Waals surface area contributed by atoms with Gasteiger partial charge in [0.2, 0.25) is 5.91 Å². The number of nitrogens with two attached hydrogens (primary N) is 1. The third-order valence-electron chi connectivity index (χ3n) is 6.59. The van der Waals surface area contributed by atoms with Crippen LogP contribution in [0.3, 0.4) is 0 Å². The minimum atomic E-state index is -0.808. The Morgan fingerprint density at radius 1 is 1.05 bits per heavy atom. The molecule has 0 aliphatic rings. The van der Waals surface area contributed by atoms with Crippen LogP contribution >= 0.6 is 12.4 Å². The Balaban J connectivity index is 0.0000137. The van der Waals surface area contributed by atoms with Crippen LogP contribution in [0.1, 0.15) is 70.2 Å². The van der Waals surface area contributed by atoms with Gasteiger partial charge < -0.3 is 35.7 Å². The molecule has 5 N–H and O–H groups in total. The summed E-state index contributed by atoms with van der Waals surface area (Å²) in [7, 11) is 3.20. The first-order valence-corrected chi connectivity index (χ1v) is 13.4. The number of aliphatic hydroxyl groups is 1. The SMILES string of the molecule is CCCCNC(=O)C(C)CC(O)C(N)CC(CNC(=O)c1ccc(OC)cc1OCCCOC)C(C)C.Cl. The molecule has 4 atom stereocenters. The molecule has 0 bridgehead atoms. The Kier molecular flexibility index (Phi) is 18.8. The number of carbonyl (C=O) groups excluding carboxylic acids is 2. The van der Waals surface area contributed by atoms with Crippen LogP contribution in [0.5, 0.6) is 11.5 Å². The summed E-state index contributed by atoms with van der Waals surface area (Å²) in [6.45, 7) is 10.0. The van der Waals surface area contributed by atoms with Crippen molar-refractivity contribution in [2.24, 2.45) is 23.5 Å². The van der Waals surface area contributed by atoms with Gasteiger partial charge in [0.1, 0.15) is 11.5 Å². The van der Waals surface area contributed by atoms with Crippen LogP contribution in [0.2, 0.25) is 0 Å². The van der Waals surface area contributed by atoms with Crippen molar-refractivity contribution in [1.29, 1.82) is 0 Å². The maximum absolute atomic E-state index is 13.0. The van der Waals surface area contributed by atoms with E-state index in [4.69, 9.17) is 19.9 Å². The van der Waals surface area contributed by atoms with Crippen LogP contribution < -0.4 is 25.8 Å². The van der Waals surface area contributed by atoms with Crippen LogP contribution in [-0.2, 0) is 9.53 Å². The number of hydrogen-bond donors (Lipinski definition) is 4. The fraction of sp³-hybridized carbons (Fsp3) is 0.714. The van der Waals surface area contributed by atoms with Crippen molar-refractivity contribution in [2.45, 2.75) is 71.9 Å². The molecule has 0 aromatic heterocycles. The normalized spacial score (nSPS) is 14.1. The van der Waals surface area contributed by atoms with E-state index in [1.54, 1.807) is 39.3 Å². The monoisotopic (exact) mass is 559 g/mol. The third kappa shape index (κ3) is 13.1. The highest BCUT2D eigenvalue weighted by atomic mass is 35.5. The standard InChI is InChI=1S/C28H49N3O6.ClH/c1-7-8-12-30-27(33)20(4)15-25(32)24(29)16-21(19(2)3)18-31-28(34)23-11-10-22(36-6)17-26(23)37-14-9-13-35-5;/h10-11,17,19-21,24-25,32H,7-9,12-16,18,29H2,1-6H3,(H,30,33)(H,31,34);1H. The highest BCUT2D eigenvalue weighted by molar-refractivity contribution is 5.97. The fourth-order valence-electron chi connectivity index (χ4n) is 3.95. The van der Waals surface area contributed by atoms with Gasteiger partial charge in [0.05, 0.1) is 25.4 Å². The van der Waals surface area contributed by atoms with Gasteiger partial charge in [-0.25, -0.2) is 0 Å². The average Bonchev–Trinajstić information content (AvgIpc) is 2.88. The average molecular weight is 560 g/mol. The van der Waals surface area contributed by atoms with E-state index < -0.39 is 12.1 Å². The molecule has 0 heterocycles. The van der Waals surface area contributed by atoms with E-state index in [0.717, 1.165) is 12.8 Å². The van der Waals surface area contributed by atoms with Gasteiger partial charge in [-0.15, -0.1) is 12.4 Å². The number of rotatable bonds is 19. The van der Waals surface area contributed by atoms with E-state index in [9.17, 15) is 14.7 Å². The number of hydrogen-bond acceptors (Lipinski definition) is 7. The highest BCUT2D eigenvalue weighted by Gasteiger charge is 2.26. The van der Waals surface area contributed by atoms with E-state index in [2.05, 4.69) is 31.4 Å². The molecule has 1 aromatic carbocycles. The molecule has 10 heteroatoms. The second-order valence-electron chi connectivity index (χ2n) is 10.0. The van der Waals surface area contributed by atoms with Crippen molar-refractivity contribution in [1.82, 2.24) is 10.6 Å². The molecular weight excluding hydrogens is 510 g/mol. The van der Waals surface area contributed by atoms with Crippen molar-refractivity contribution in [2.75, 3.05) is 40.5 Å². The summed E-state index contributed by atoms with van der Waals surface area (Å²) in [5.74, 6) is 0.695. The zero-order valence-electron chi connectivity index (χ0n) is 24.0. The smallest absolute Gasteiger partial charge is 0.255 e. The topological polar surface area (TPSA) is 132 Å². The molecule has 0 spiro atoms. The van der Waals surface area contributed by atoms with Crippen LogP contribution in [-0.4, -0.2) is 69.6 Å². The molecule has 2 amide bonds. The number of carbonyl (C=O) groups is 2. The van der Waals surface area contributed by atoms with Gasteiger partial charge in [-0.05, 0) is 43.2 Å². The first-order valence-electron chi connectivity index (χ1n) is 13.4. The van der Waals surface area contributed by atoms with Gasteiger partial charge in [-0.1, -0.05) is 34.1 Å². The quantitative estimate of drug-likeness (QED) is 0.190. The summed E-state index contributed by atoms with van der Waals surface area (Å²) < 4.78 is 16.2. The van der Waals surface area contributed by atoms with E-state index in [1.807, 2.05) is 0 Å². The molecule has 220 valence electrons. The van der Waals surface area contributed by atoms with Crippen LogP contribution in [0.15, 0.2) is 18.2 Å². The largest absolute Gasteiger partial charge is 0.497 e. The maximum atomic E-state index is 13.0. The van der Waals surface area contributed by atoms with Crippen LogP contribution in [0, 0.1) is 17.8 Å². The van der Waals surface area contributed by atoms with E-state index in [1.165, 1.54) is 0 Å². The third-order valence-corrected chi connectivity index (χ3v) is 6.59. The molecule has 0 radical (unpaired) electrons. The Labute approximate surface area is 235 Å². The van der Waals surface area contributed by atoms with Gasteiger partial charge in [-0.2, -0.15) is 0 Å². The number of unbranched alkanes of at least 4 members (excludes halogenated alkanes) is 1. The summed E-state index contributed by atoms with van der Waals surface area (Å²) in [4.78, 5) is 25.3. The number of amides is 2. The van der Waals surface area contributed by atoms with Gasteiger partial charge in [-0.3, -0.25) is 9.59 Å². The predicted octanol–water partition coefficient (Wildman–Crippen LogP) is 3.56. The van der Waals surface area contributed by atoms with E-state index in [-0.39, 0.29) is 42.0 Å². The van der Waals surface area contributed by atoms with Crippen molar-refractivity contribution in [3.8, 4) is 11.5 Å². The summed E-state index contributed by atoms with van der Waals surface area (Å²) >= 11 is 0. The predicted molar refractivity (Wildman–Crippen MR) is 153 cm³/mol. The van der Waals surface area contributed by atoms with Gasteiger partial charge in [0.15, 0.2) is 0 Å². The maximum Gasteiger partial charge on any atom is 0.255 e. The lowest BCUT2D eigenvalue weighted by Crippen LogP contribution is -2.42. The number of aliphatic hydroxyl groups excluding tert-OH is 1. The summed E-state index contributed by atoms with van der Waals surface area (Å²) in [5.41, 5.74) is 6.76. The Morgan fingerprint density at radius 2 is 1.76 bits per heavy atom. The molecule has 0 saturated carbocycles. The Hall–Kier alpha value is -2.07.